The van der Waals surface area contributed by atoms with E-state index in [4.69, 9.17) is 0 Å². The average molecular weight is 446 g/mol. The van der Waals surface area contributed by atoms with Gasteiger partial charge in [-0.05, 0) is 30.2 Å². The van der Waals surface area contributed by atoms with Gasteiger partial charge in [-0.3, -0.25) is 0 Å². The average Bonchev–Trinajstić information content (AvgIpc) is 3.41. The first kappa shape index (κ1) is 21.2. The number of benzene rings is 4. The number of hydrogen-bond acceptors (Lipinski definition) is 1. The number of hydrogen-bond donors (Lipinski definition) is 0. The summed E-state index contributed by atoms with van der Waals surface area (Å²) in [6, 6.07) is 39.1. The van der Waals surface area contributed by atoms with Crippen LogP contribution in [-0.2, 0) is 0 Å². The number of para-hydroxylation sites is 2. The smallest absolute Gasteiger partial charge is 0.109 e. The highest BCUT2D eigenvalue weighted by Gasteiger charge is 2.22. The number of nitrogens with zero attached hydrogens (tertiary/aromatic N) is 1. The molecule has 0 bridgehead atoms. The molecule has 6 aromatic rings. The largest absolute Gasteiger partial charge is 0.300 e. The lowest BCUT2D eigenvalue weighted by atomic mass is 9.96. The fraction of sp³-hybridized carbons (Fsp3) is 0.0968. The van der Waals surface area contributed by atoms with Crippen LogP contribution in [0, 0.1) is 6.92 Å². The van der Waals surface area contributed by atoms with E-state index in [-0.39, 0.29) is 0 Å². The van der Waals surface area contributed by atoms with Crippen molar-refractivity contribution < 1.29 is 0 Å². The standard InChI is InChI=1S/C29H21NS.C2H6/c1-20-27(21-12-4-2-5-13-21)28(22-14-6-3-7-15-22)29(31-20)30-25-18-10-8-16-23(25)24-17-9-11-19-26(24)30;1-2/h2-19H,1H3;1-2H3. The monoisotopic (exact) mass is 445 g/mol. The molecule has 0 spiro atoms. The van der Waals surface area contributed by atoms with Crippen LogP contribution in [0.15, 0.2) is 109 Å². The van der Waals surface area contributed by atoms with Crippen molar-refractivity contribution in [3.05, 3.63) is 114 Å². The molecule has 0 saturated heterocycles. The summed E-state index contributed by atoms with van der Waals surface area (Å²) in [7, 11) is 0. The number of aryl methyl sites for hydroxylation is 1. The highest BCUT2D eigenvalue weighted by Crippen LogP contribution is 2.47. The molecular weight excluding hydrogens is 418 g/mol. The zero-order valence-electron chi connectivity index (χ0n) is 19.2. The molecule has 2 heteroatoms. The first-order valence-corrected chi connectivity index (χ1v) is 12.4. The van der Waals surface area contributed by atoms with Crippen molar-refractivity contribution in [3.8, 4) is 27.3 Å². The molecule has 0 aliphatic carbocycles. The molecule has 0 aliphatic rings. The third-order valence-electron chi connectivity index (χ3n) is 5.97. The molecule has 0 N–H and O–H groups in total. The maximum Gasteiger partial charge on any atom is 0.109 e. The molecule has 2 aromatic heterocycles. The summed E-state index contributed by atoms with van der Waals surface area (Å²) in [6.07, 6.45) is 0. The van der Waals surface area contributed by atoms with Crippen LogP contribution in [-0.4, -0.2) is 4.57 Å². The van der Waals surface area contributed by atoms with Gasteiger partial charge in [-0.1, -0.05) is 111 Å². The Hall–Kier alpha value is -3.62. The molecule has 0 radical (unpaired) electrons. The quantitative estimate of drug-likeness (QED) is 0.255. The summed E-state index contributed by atoms with van der Waals surface area (Å²) in [6.45, 7) is 6.25. The number of fused-ring (bicyclic) bond motifs is 3. The van der Waals surface area contributed by atoms with Gasteiger partial charge in [0.25, 0.3) is 0 Å². The van der Waals surface area contributed by atoms with E-state index >= 15 is 0 Å². The van der Waals surface area contributed by atoms with Crippen LogP contribution in [0.5, 0.6) is 0 Å². The minimum absolute atomic E-state index is 1.25. The second kappa shape index (κ2) is 9.09. The Kier molecular flexibility index (Phi) is 5.85. The predicted molar refractivity (Wildman–Crippen MR) is 146 cm³/mol. The minimum Gasteiger partial charge on any atom is -0.300 e. The molecule has 0 aliphatic heterocycles. The van der Waals surface area contributed by atoms with Crippen LogP contribution in [0.1, 0.15) is 18.7 Å². The Morgan fingerprint density at radius 1 is 0.515 bits per heavy atom. The zero-order valence-corrected chi connectivity index (χ0v) is 20.1. The fourth-order valence-electron chi connectivity index (χ4n) is 4.65. The molecule has 2 heterocycles. The van der Waals surface area contributed by atoms with E-state index in [0.717, 1.165) is 0 Å². The SMILES string of the molecule is CC.Cc1sc(-n2c3ccccc3c3ccccc32)c(-c2ccccc2)c1-c1ccccc1. The summed E-state index contributed by atoms with van der Waals surface area (Å²) in [5.74, 6) is 0. The molecule has 0 atom stereocenters. The van der Waals surface area contributed by atoms with Crippen molar-refractivity contribution in [2.24, 2.45) is 0 Å². The van der Waals surface area contributed by atoms with Gasteiger partial charge in [0, 0.05) is 26.8 Å². The van der Waals surface area contributed by atoms with E-state index in [9.17, 15) is 0 Å². The summed E-state index contributed by atoms with van der Waals surface area (Å²) in [5.41, 5.74) is 7.66. The molecule has 0 unspecified atom stereocenters. The maximum absolute atomic E-state index is 2.46. The van der Waals surface area contributed by atoms with Crippen molar-refractivity contribution in [1.82, 2.24) is 4.57 Å². The van der Waals surface area contributed by atoms with Gasteiger partial charge in [0.15, 0.2) is 0 Å². The number of thiophene rings is 1. The lowest BCUT2D eigenvalue weighted by Crippen LogP contribution is -1.94. The number of aromatic nitrogens is 1. The molecule has 0 amide bonds. The normalized spacial score (nSPS) is 10.9. The molecule has 4 aromatic carbocycles. The highest BCUT2D eigenvalue weighted by molar-refractivity contribution is 7.15. The van der Waals surface area contributed by atoms with Crippen LogP contribution in [0.25, 0.3) is 49.1 Å². The van der Waals surface area contributed by atoms with Crippen molar-refractivity contribution in [2.75, 3.05) is 0 Å². The van der Waals surface area contributed by atoms with E-state index in [1.54, 1.807) is 0 Å². The third kappa shape index (κ3) is 3.57. The molecule has 1 nitrogen and oxygen atoms in total. The van der Waals surface area contributed by atoms with Gasteiger partial charge in [0.2, 0.25) is 0 Å². The molecule has 0 fully saturated rings. The fourth-order valence-corrected chi connectivity index (χ4v) is 5.88. The molecule has 162 valence electrons. The van der Waals surface area contributed by atoms with Gasteiger partial charge in [-0.25, -0.2) is 0 Å². The summed E-state index contributed by atoms with van der Waals surface area (Å²) >= 11 is 1.88. The topological polar surface area (TPSA) is 4.93 Å². The van der Waals surface area contributed by atoms with Crippen molar-refractivity contribution in [2.45, 2.75) is 20.8 Å². The summed E-state index contributed by atoms with van der Waals surface area (Å²) in [4.78, 5) is 1.34. The van der Waals surface area contributed by atoms with Gasteiger partial charge in [0.05, 0.1) is 11.0 Å². The van der Waals surface area contributed by atoms with E-state index in [0.29, 0.717) is 0 Å². The number of rotatable bonds is 3. The van der Waals surface area contributed by atoms with Crippen molar-refractivity contribution in [1.29, 1.82) is 0 Å². The Morgan fingerprint density at radius 2 is 0.939 bits per heavy atom. The van der Waals surface area contributed by atoms with Crippen LogP contribution < -0.4 is 0 Å². The van der Waals surface area contributed by atoms with Crippen molar-refractivity contribution in [3.63, 3.8) is 0 Å². The van der Waals surface area contributed by atoms with Gasteiger partial charge in [-0.2, -0.15) is 0 Å². The Morgan fingerprint density at radius 3 is 1.45 bits per heavy atom. The lowest BCUT2D eigenvalue weighted by Gasteiger charge is -2.12. The first-order chi connectivity index (χ1) is 16.3. The predicted octanol–water partition coefficient (Wildman–Crippen LogP) is 9.51. The van der Waals surface area contributed by atoms with Crippen LogP contribution in [0.2, 0.25) is 0 Å². The Labute approximate surface area is 199 Å². The molecule has 6 rings (SSSR count). The third-order valence-corrected chi connectivity index (χ3v) is 7.06. The second-order valence-corrected chi connectivity index (χ2v) is 9.02. The van der Waals surface area contributed by atoms with Crippen molar-refractivity contribution >= 4 is 33.1 Å². The van der Waals surface area contributed by atoms with Gasteiger partial charge >= 0.3 is 0 Å². The van der Waals surface area contributed by atoms with E-state index in [2.05, 4.69) is 121 Å². The molecule has 0 saturated carbocycles. The lowest BCUT2D eigenvalue weighted by molar-refractivity contribution is 1.22. The highest BCUT2D eigenvalue weighted by atomic mass is 32.1. The van der Waals surface area contributed by atoms with Crippen LogP contribution >= 0.6 is 11.3 Å². The second-order valence-electron chi connectivity index (χ2n) is 7.82. The summed E-state index contributed by atoms with van der Waals surface area (Å²) < 4.78 is 2.46. The van der Waals surface area contributed by atoms with E-state index in [1.165, 1.54) is 53.9 Å². The Bertz CT molecular complexity index is 1470. The van der Waals surface area contributed by atoms with E-state index in [1.807, 2.05) is 25.2 Å². The minimum atomic E-state index is 1.25. The van der Waals surface area contributed by atoms with Gasteiger partial charge in [0.1, 0.15) is 5.00 Å². The summed E-state index contributed by atoms with van der Waals surface area (Å²) in [5, 5.41) is 3.87. The first-order valence-electron chi connectivity index (χ1n) is 11.6. The maximum atomic E-state index is 2.46. The van der Waals surface area contributed by atoms with Gasteiger partial charge in [-0.15, -0.1) is 11.3 Å². The zero-order chi connectivity index (χ0) is 22.8. The molecule has 33 heavy (non-hydrogen) atoms. The Balaban J connectivity index is 0.00000111. The van der Waals surface area contributed by atoms with Crippen LogP contribution in [0.4, 0.5) is 0 Å². The van der Waals surface area contributed by atoms with Crippen LogP contribution in [0.3, 0.4) is 0 Å². The molecular formula is C31H27NS. The van der Waals surface area contributed by atoms with E-state index < -0.39 is 0 Å². The van der Waals surface area contributed by atoms with Gasteiger partial charge < -0.3 is 4.57 Å².